The minimum Gasteiger partial charge on any atom is -0.366 e. The SMILES string of the molecule is CCN(CC)CC(C)Nc1cc(Cl)nc(SC)n1. The van der Waals surface area contributed by atoms with Gasteiger partial charge in [-0.15, -0.1) is 0 Å². The van der Waals surface area contributed by atoms with Crippen molar-refractivity contribution in [3.8, 4) is 0 Å². The average molecular weight is 289 g/mol. The second kappa shape index (κ2) is 7.81. The Bertz CT molecular complexity index is 371. The first-order valence-corrected chi connectivity index (χ1v) is 7.76. The number of rotatable bonds is 7. The zero-order valence-corrected chi connectivity index (χ0v) is 13.0. The fourth-order valence-corrected chi connectivity index (χ4v) is 2.34. The molecule has 1 rings (SSSR count). The van der Waals surface area contributed by atoms with Crippen molar-refractivity contribution < 1.29 is 0 Å². The Hall–Kier alpha value is -0.520. The molecular weight excluding hydrogens is 268 g/mol. The third-order valence-electron chi connectivity index (χ3n) is 2.68. The topological polar surface area (TPSA) is 41.0 Å². The molecule has 1 heterocycles. The van der Waals surface area contributed by atoms with Crippen LogP contribution in [0.15, 0.2) is 11.2 Å². The van der Waals surface area contributed by atoms with Crippen LogP contribution in [0.25, 0.3) is 0 Å². The summed E-state index contributed by atoms with van der Waals surface area (Å²) in [6.07, 6.45) is 1.94. The molecule has 0 aliphatic heterocycles. The predicted octanol–water partition coefficient (Wildman–Crippen LogP) is 2.99. The molecule has 0 fully saturated rings. The van der Waals surface area contributed by atoms with Crippen molar-refractivity contribution in [2.75, 3.05) is 31.2 Å². The van der Waals surface area contributed by atoms with Gasteiger partial charge in [0.1, 0.15) is 11.0 Å². The Morgan fingerprint density at radius 2 is 2.06 bits per heavy atom. The zero-order chi connectivity index (χ0) is 13.5. The van der Waals surface area contributed by atoms with E-state index in [1.54, 1.807) is 6.07 Å². The van der Waals surface area contributed by atoms with Crippen molar-refractivity contribution in [2.45, 2.75) is 32.0 Å². The summed E-state index contributed by atoms with van der Waals surface area (Å²) < 4.78 is 0. The normalized spacial score (nSPS) is 12.8. The van der Waals surface area contributed by atoms with Crippen LogP contribution in [0.4, 0.5) is 5.82 Å². The highest BCUT2D eigenvalue weighted by molar-refractivity contribution is 7.98. The van der Waals surface area contributed by atoms with Crippen molar-refractivity contribution in [1.82, 2.24) is 14.9 Å². The van der Waals surface area contributed by atoms with E-state index in [4.69, 9.17) is 11.6 Å². The van der Waals surface area contributed by atoms with E-state index in [2.05, 4.69) is 41.0 Å². The van der Waals surface area contributed by atoms with Gasteiger partial charge in [-0.2, -0.15) is 0 Å². The van der Waals surface area contributed by atoms with Gasteiger partial charge in [-0.05, 0) is 26.3 Å². The molecule has 1 unspecified atom stereocenters. The van der Waals surface area contributed by atoms with Gasteiger partial charge in [-0.25, -0.2) is 9.97 Å². The maximum absolute atomic E-state index is 5.96. The molecule has 18 heavy (non-hydrogen) atoms. The summed E-state index contributed by atoms with van der Waals surface area (Å²) in [5.74, 6) is 0.791. The largest absolute Gasteiger partial charge is 0.366 e. The Morgan fingerprint density at radius 1 is 1.39 bits per heavy atom. The first-order valence-electron chi connectivity index (χ1n) is 6.16. The summed E-state index contributed by atoms with van der Waals surface area (Å²) in [5.41, 5.74) is 0. The van der Waals surface area contributed by atoms with Crippen LogP contribution in [0.1, 0.15) is 20.8 Å². The molecular formula is C12H21ClN4S. The predicted molar refractivity (Wildman–Crippen MR) is 79.7 cm³/mol. The summed E-state index contributed by atoms with van der Waals surface area (Å²) in [6.45, 7) is 9.59. The molecule has 1 aromatic rings. The Morgan fingerprint density at radius 3 is 2.61 bits per heavy atom. The molecule has 0 bridgehead atoms. The Labute approximate surface area is 119 Å². The second-order valence-electron chi connectivity index (χ2n) is 4.09. The van der Waals surface area contributed by atoms with Crippen LogP contribution in [-0.4, -0.2) is 46.8 Å². The van der Waals surface area contributed by atoms with Crippen LogP contribution in [0.3, 0.4) is 0 Å². The quantitative estimate of drug-likeness (QED) is 0.474. The van der Waals surface area contributed by atoms with Gasteiger partial charge in [0.2, 0.25) is 0 Å². The number of halogens is 1. The average Bonchev–Trinajstić information content (AvgIpc) is 2.35. The molecule has 1 aromatic heterocycles. The lowest BCUT2D eigenvalue weighted by Crippen LogP contribution is -2.34. The van der Waals surface area contributed by atoms with Crippen molar-refractivity contribution >= 4 is 29.2 Å². The van der Waals surface area contributed by atoms with Crippen molar-refractivity contribution in [2.24, 2.45) is 0 Å². The van der Waals surface area contributed by atoms with Gasteiger partial charge >= 0.3 is 0 Å². The Kier molecular flexibility index (Phi) is 6.75. The van der Waals surface area contributed by atoms with Crippen LogP contribution in [0.5, 0.6) is 0 Å². The number of anilines is 1. The zero-order valence-electron chi connectivity index (χ0n) is 11.4. The second-order valence-corrected chi connectivity index (χ2v) is 5.25. The standard InChI is InChI=1S/C12H21ClN4S/c1-5-17(6-2)8-9(3)14-11-7-10(13)15-12(16-11)18-4/h7,9H,5-6,8H2,1-4H3,(H,14,15,16). The van der Waals surface area contributed by atoms with E-state index in [-0.39, 0.29) is 0 Å². The number of hydrogen-bond donors (Lipinski definition) is 1. The summed E-state index contributed by atoms with van der Waals surface area (Å²) in [5, 5.41) is 4.54. The molecule has 0 aliphatic carbocycles. The molecule has 6 heteroatoms. The van der Waals surface area contributed by atoms with Crippen molar-refractivity contribution in [3.05, 3.63) is 11.2 Å². The number of likely N-dealkylation sites (N-methyl/N-ethyl adjacent to an activating group) is 1. The molecule has 0 aliphatic rings. The summed E-state index contributed by atoms with van der Waals surface area (Å²) in [4.78, 5) is 10.9. The highest BCUT2D eigenvalue weighted by Gasteiger charge is 2.09. The molecule has 0 saturated carbocycles. The van der Waals surface area contributed by atoms with Gasteiger partial charge in [0.05, 0.1) is 0 Å². The fourth-order valence-electron chi connectivity index (χ4n) is 1.73. The summed E-state index contributed by atoms with van der Waals surface area (Å²) in [7, 11) is 0. The molecule has 1 atom stereocenters. The molecule has 4 nitrogen and oxygen atoms in total. The van der Waals surface area contributed by atoms with Crippen LogP contribution in [-0.2, 0) is 0 Å². The summed E-state index contributed by atoms with van der Waals surface area (Å²) in [6, 6.07) is 2.09. The number of nitrogens with one attached hydrogen (secondary N) is 1. The van der Waals surface area contributed by atoms with E-state index in [9.17, 15) is 0 Å². The van der Waals surface area contributed by atoms with Gasteiger partial charge in [0.25, 0.3) is 0 Å². The van der Waals surface area contributed by atoms with Crippen molar-refractivity contribution in [3.63, 3.8) is 0 Å². The fraction of sp³-hybridized carbons (Fsp3) is 0.667. The lowest BCUT2D eigenvalue weighted by atomic mass is 10.3. The molecule has 1 N–H and O–H groups in total. The highest BCUT2D eigenvalue weighted by Crippen LogP contribution is 2.17. The minimum absolute atomic E-state index is 0.325. The third kappa shape index (κ3) is 5.00. The van der Waals surface area contributed by atoms with E-state index < -0.39 is 0 Å². The van der Waals surface area contributed by atoms with E-state index in [0.29, 0.717) is 16.4 Å². The van der Waals surface area contributed by atoms with Gasteiger partial charge < -0.3 is 10.2 Å². The summed E-state index contributed by atoms with van der Waals surface area (Å²) >= 11 is 7.45. The minimum atomic E-state index is 0.325. The van der Waals surface area contributed by atoms with Gasteiger partial charge in [-0.1, -0.05) is 37.2 Å². The van der Waals surface area contributed by atoms with E-state index in [1.807, 2.05) is 6.26 Å². The van der Waals surface area contributed by atoms with Crippen LogP contribution < -0.4 is 5.32 Å². The molecule has 0 amide bonds. The number of hydrogen-bond acceptors (Lipinski definition) is 5. The number of aromatic nitrogens is 2. The van der Waals surface area contributed by atoms with Gasteiger partial charge in [0.15, 0.2) is 5.16 Å². The van der Waals surface area contributed by atoms with E-state index >= 15 is 0 Å². The van der Waals surface area contributed by atoms with Crippen LogP contribution >= 0.6 is 23.4 Å². The van der Waals surface area contributed by atoms with E-state index in [0.717, 1.165) is 25.5 Å². The lowest BCUT2D eigenvalue weighted by Gasteiger charge is -2.23. The highest BCUT2D eigenvalue weighted by atomic mass is 35.5. The lowest BCUT2D eigenvalue weighted by molar-refractivity contribution is 0.294. The van der Waals surface area contributed by atoms with Gasteiger partial charge in [0, 0.05) is 18.7 Å². The first kappa shape index (κ1) is 15.5. The van der Waals surface area contributed by atoms with Gasteiger partial charge in [-0.3, -0.25) is 0 Å². The van der Waals surface area contributed by atoms with Crippen LogP contribution in [0.2, 0.25) is 5.15 Å². The molecule has 102 valence electrons. The first-order chi connectivity index (χ1) is 8.58. The maximum Gasteiger partial charge on any atom is 0.190 e. The monoisotopic (exact) mass is 288 g/mol. The van der Waals surface area contributed by atoms with E-state index in [1.165, 1.54) is 11.8 Å². The maximum atomic E-state index is 5.96. The molecule has 0 radical (unpaired) electrons. The molecule has 0 spiro atoms. The van der Waals surface area contributed by atoms with Crippen LogP contribution in [0, 0.1) is 0 Å². The smallest absolute Gasteiger partial charge is 0.190 e. The molecule has 0 aromatic carbocycles. The third-order valence-corrected chi connectivity index (χ3v) is 3.42. The Balaban J connectivity index is 2.63. The van der Waals surface area contributed by atoms with Crippen molar-refractivity contribution in [1.29, 1.82) is 0 Å². The number of thioether (sulfide) groups is 1. The number of nitrogens with zero attached hydrogens (tertiary/aromatic N) is 3. The molecule has 0 saturated heterocycles.